The van der Waals surface area contributed by atoms with Crippen LogP contribution in [0.25, 0.3) is 10.8 Å². The van der Waals surface area contributed by atoms with E-state index in [4.69, 9.17) is 9.47 Å². The van der Waals surface area contributed by atoms with Gasteiger partial charge in [0, 0.05) is 12.4 Å². The van der Waals surface area contributed by atoms with Gasteiger partial charge in [-0.25, -0.2) is 9.59 Å². The van der Waals surface area contributed by atoms with Crippen LogP contribution in [0, 0.1) is 11.8 Å². The molecule has 0 bridgehead atoms. The lowest BCUT2D eigenvalue weighted by Gasteiger charge is -2.34. The first-order valence-corrected chi connectivity index (χ1v) is 19.4. The van der Waals surface area contributed by atoms with Gasteiger partial charge in [-0.2, -0.15) is 0 Å². The maximum absolute atomic E-state index is 14.1. The summed E-state index contributed by atoms with van der Waals surface area (Å²) in [6, 6.07) is 29.7. The first-order chi connectivity index (χ1) is 28.0. The number of carbonyl (C=O) groups excluding carboxylic acids is 4. The summed E-state index contributed by atoms with van der Waals surface area (Å²) in [5.41, 5.74) is 2.74. The molecule has 4 amide bonds. The lowest BCUT2D eigenvalue weighted by atomic mass is 9.90. The number of carbonyl (C=O) groups is 4. The largest absolute Gasteiger partial charge is 0.443 e. The molecule has 3 aromatic carbocycles. The van der Waals surface area contributed by atoms with Crippen molar-refractivity contribution in [1.29, 1.82) is 0 Å². The topological polar surface area (TPSA) is 181 Å². The van der Waals surface area contributed by atoms with Crippen LogP contribution in [-0.4, -0.2) is 69.3 Å². The Morgan fingerprint density at radius 3 is 1.50 bits per heavy atom. The molecule has 304 valence electrons. The third kappa shape index (κ3) is 12.8. The van der Waals surface area contributed by atoms with Gasteiger partial charge in [0.1, 0.15) is 25.3 Å². The summed E-state index contributed by atoms with van der Waals surface area (Å²) in [7, 11) is 0. The van der Waals surface area contributed by atoms with Crippen molar-refractivity contribution >= 4 is 34.8 Å². The number of rotatable bonds is 18. The van der Waals surface area contributed by atoms with E-state index in [0.29, 0.717) is 11.4 Å². The molecule has 5 atom stereocenters. The Morgan fingerprint density at radius 1 is 0.552 bits per heavy atom. The van der Waals surface area contributed by atoms with Crippen molar-refractivity contribution in [2.45, 2.75) is 84.0 Å². The average molecular weight is 789 g/mol. The summed E-state index contributed by atoms with van der Waals surface area (Å²) in [6.07, 6.45) is 0.602. The molecule has 5 rings (SSSR count). The predicted molar refractivity (Wildman–Crippen MR) is 220 cm³/mol. The zero-order valence-electron chi connectivity index (χ0n) is 33.2. The van der Waals surface area contributed by atoms with Gasteiger partial charge in [0.15, 0.2) is 0 Å². The number of hydrogen-bond acceptors (Lipinski definition) is 9. The molecule has 58 heavy (non-hydrogen) atoms. The number of aliphatic hydroxyl groups is 1. The fourth-order valence-corrected chi connectivity index (χ4v) is 6.48. The molecule has 5 aromatic rings. The molecule has 0 saturated carbocycles. The highest BCUT2D eigenvalue weighted by Crippen LogP contribution is 2.20. The zero-order chi connectivity index (χ0) is 41.4. The SMILES string of the molecule is CC(C)[C@H](NC(=O)OCc1ccccn1)C(=O)N[C@H](Cc1ccccc1)[C@H](O)[C@@H](Cc1ccc2ccccc2c1)NC(=O)[C@@H](NC(=O)OCc1ccccn1)C(C)C. The molecule has 13 heteroatoms. The molecule has 0 spiro atoms. The van der Waals surface area contributed by atoms with E-state index in [1.165, 1.54) is 0 Å². The van der Waals surface area contributed by atoms with Crippen LogP contribution < -0.4 is 21.3 Å². The van der Waals surface area contributed by atoms with Crippen LogP contribution in [0.2, 0.25) is 0 Å². The monoisotopic (exact) mass is 788 g/mol. The van der Waals surface area contributed by atoms with Gasteiger partial charge < -0.3 is 35.8 Å². The van der Waals surface area contributed by atoms with Crippen LogP contribution in [0.1, 0.15) is 50.2 Å². The minimum Gasteiger partial charge on any atom is -0.443 e. The van der Waals surface area contributed by atoms with E-state index in [-0.39, 0.29) is 37.9 Å². The number of aromatic nitrogens is 2. The molecule has 13 nitrogen and oxygen atoms in total. The quantitative estimate of drug-likeness (QED) is 0.0750. The Bertz CT molecular complexity index is 2090. The van der Waals surface area contributed by atoms with Crippen LogP contribution in [0.5, 0.6) is 0 Å². The molecule has 0 aliphatic heterocycles. The highest BCUT2D eigenvalue weighted by atomic mass is 16.6. The van der Waals surface area contributed by atoms with E-state index >= 15 is 0 Å². The Hall–Kier alpha value is -6.34. The average Bonchev–Trinajstić information content (AvgIpc) is 3.23. The Labute approximate surface area is 339 Å². The Kier molecular flexibility index (Phi) is 15.7. The number of ether oxygens (including phenoxy) is 2. The van der Waals surface area contributed by atoms with Gasteiger partial charge >= 0.3 is 12.2 Å². The van der Waals surface area contributed by atoms with E-state index in [1.54, 1.807) is 76.5 Å². The fraction of sp³-hybridized carbons (Fsp3) is 0.333. The van der Waals surface area contributed by atoms with Crippen molar-refractivity contribution < 1.29 is 33.8 Å². The lowest BCUT2D eigenvalue weighted by Crippen LogP contribution is -2.61. The summed E-state index contributed by atoms with van der Waals surface area (Å²) in [5, 5.41) is 25.7. The number of pyridine rings is 2. The van der Waals surface area contributed by atoms with E-state index < -0.39 is 54.3 Å². The highest BCUT2D eigenvalue weighted by molar-refractivity contribution is 5.87. The molecular formula is C45H52N6O7. The van der Waals surface area contributed by atoms with Crippen LogP contribution in [0.15, 0.2) is 122 Å². The maximum Gasteiger partial charge on any atom is 0.408 e. The van der Waals surface area contributed by atoms with Crippen molar-refractivity contribution in [3.8, 4) is 0 Å². The Morgan fingerprint density at radius 2 is 1.02 bits per heavy atom. The first kappa shape index (κ1) is 42.8. The van der Waals surface area contributed by atoms with Crippen LogP contribution >= 0.6 is 0 Å². The van der Waals surface area contributed by atoms with Crippen LogP contribution in [0.3, 0.4) is 0 Å². The second kappa shape index (κ2) is 21.3. The minimum absolute atomic E-state index is 0.0845. The molecule has 0 fully saturated rings. The van der Waals surface area contributed by atoms with Crippen molar-refractivity contribution in [3.63, 3.8) is 0 Å². The van der Waals surface area contributed by atoms with Crippen molar-refractivity contribution in [3.05, 3.63) is 144 Å². The molecule has 0 radical (unpaired) electrons. The second-order valence-corrected chi connectivity index (χ2v) is 14.8. The van der Waals surface area contributed by atoms with E-state index in [2.05, 4.69) is 31.2 Å². The fourth-order valence-electron chi connectivity index (χ4n) is 6.48. The zero-order valence-corrected chi connectivity index (χ0v) is 33.2. The van der Waals surface area contributed by atoms with Crippen molar-refractivity contribution in [2.24, 2.45) is 11.8 Å². The summed E-state index contributed by atoms with van der Waals surface area (Å²) in [5.74, 6) is -1.81. The number of hydrogen-bond donors (Lipinski definition) is 5. The number of nitrogens with one attached hydrogen (secondary N) is 4. The van der Waals surface area contributed by atoms with Gasteiger partial charge in [0.25, 0.3) is 0 Å². The number of aliphatic hydroxyl groups excluding tert-OH is 1. The number of alkyl carbamates (subject to hydrolysis) is 2. The van der Waals surface area contributed by atoms with Gasteiger partial charge in [0.05, 0.1) is 29.6 Å². The summed E-state index contributed by atoms with van der Waals surface area (Å²) in [6.45, 7) is 6.98. The van der Waals surface area contributed by atoms with E-state index in [0.717, 1.165) is 21.9 Å². The number of amides is 4. The molecule has 2 heterocycles. The summed E-state index contributed by atoms with van der Waals surface area (Å²) >= 11 is 0. The third-order valence-corrected chi connectivity index (χ3v) is 9.65. The van der Waals surface area contributed by atoms with E-state index in [1.807, 2.05) is 72.8 Å². The lowest BCUT2D eigenvalue weighted by molar-refractivity contribution is -0.126. The van der Waals surface area contributed by atoms with Gasteiger partial charge in [-0.05, 0) is 70.8 Å². The first-order valence-electron chi connectivity index (χ1n) is 19.4. The second-order valence-electron chi connectivity index (χ2n) is 14.8. The molecule has 5 N–H and O–H groups in total. The predicted octanol–water partition coefficient (Wildman–Crippen LogP) is 5.65. The molecule has 0 aliphatic carbocycles. The Balaban J connectivity index is 1.39. The summed E-state index contributed by atoms with van der Waals surface area (Å²) < 4.78 is 10.7. The van der Waals surface area contributed by atoms with Gasteiger partial charge in [-0.3, -0.25) is 19.6 Å². The smallest absolute Gasteiger partial charge is 0.408 e. The van der Waals surface area contributed by atoms with Crippen molar-refractivity contribution in [2.75, 3.05) is 0 Å². The van der Waals surface area contributed by atoms with Gasteiger partial charge in [0.2, 0.25) is 11.8 Å². The number of fused-ring (bicyclic) bond motifs is 1. The van der Waals surface area contributed by atoms with Crippen LogP contribution in [-0.2, 0) is 45.1 Å². The number of benzene rings is 3. The molecule has 2 aromatic heterocycles. The third-order valence-electron chi connectivity index (χ3n) is 9.65. The normalized spacial score (nSPS) is 13.8. The highest BCUT2D eigenvalue weighted by Gasteiger charge is 2.36. The maximum atomic E-state index is 14.1. The van der Waals surface area contributed by atoms with Gasteiger partial charge in [-0.15, -0.1) is 0 Å². The number of nitrogens with zero attached hydrogens (tertiary/aromatic N) is 2. The molecule has 0 saturated heterocycles. The standard InChI is InChI=1S/C45H52N6O7/c1-29(2)39(50-44(55)57-27-35-18-10-12-22-46-35)42(53)48-37(25-31-14-6-5-7-15-31)41(52)38(26-32-20-21-33-16-8-9-17-34(33)24-32)49-43(54)40(30(3)4)51-45(56)58-28-36-19-11-13-23-47-36/h5-24,29-30,37-41,52H,25-28H2,1-4H3,(H,48,53)(H,49,54)(H,50,55)(H,51,56)/t37-,38-,39+,40+,41+/m1/s1. The van der Waals surface area contributed by atoms with E-state index in [9.17, 15) is 24.3 Å². The van der Waals surface area contributed by atoms with Crippen LogP contribution in [0.4, 0.5) is 9.59 Å². The molecular weight excluding hydrogens is 737 g/mol. The molecule has 0 aliphatic rings. The van der Waals surface area contributed by atoms with Crippen molar-refractivity contribution in [1.82, 2.24) is 31.2 Å². The minimum atomic E-state index is -1.35. The van der Waals surface area contributed by atoms with Gasteiger partial charge in [-0.1, -0.05) is 113 Å². The molecule has 0 unspecified atom stereocenters. The summed E-state index contributed by atoms with van der Waals surface area (Å²) in [4.78, 5) is 62.4.